The molecule has 1 fully saturated rings. The van der Waals surface area contributed by atoms with Crippen molar-refractivity contribution in [3.63, 3.8) is 0 Å². The zero-order valence-corrected chi connectivity index (χ0v) is 39.8. The Labute approximate surface area is 372 Å². The van der Waals surface area contributed by atoms with Gasteiger partial charge in [0.25, 0.3) is 0 Å². The lowest BCUT2D eigenvalue weighted by Crippen LogP contribution is -2.64. The van der Waals surface area contributed by atoms with Crippen LogP contribution in [-0.2, 0) is 13.6 Å². The molecule has 12 nitrogen and oxygen atoms in total. The van der Waals surface area contributed by atoms with E-state index in [2.05, 4.69) is 18.8 Å². The molecule has 0 aliphatic heterocycles. The molecule has 3 unspecified atom stereocenters. The summed E-state index contributed by atoms with van der Waals surface area (Å²) in [6.07, 6.45) is 29.5. The van der Waals surface area contributed by atoms with Crippen molar-refractivity contribution in [1.29, 1.82) is 0 Å². The minimum atomic E-state index is -5.07. The first kappa shape index (κ1) is 58.4. The van der Waals surface area contributed by atoms with Crippen LogP contribution in [0.3, 0.4) is 0 Å². The Kier molecular flexibility index (Phi) is 36.9. The van der Waals surface area contributed by atoms with Crippen LogP contribution in [0.4, 0.5) is 0 Å². The number of phosphoric ester groups is 1. The summed E-state index contributed by atoms with van der Waals surface area (Å²) in [4.78, 5) is 14.6. The standard InChI is InChI=1S/C48H96NO11P/c1-3-5-7-9-11-13-15-17-19-20-21-22-24-26-28-30-32-34-36-38-42(51)49-40(39-59-61(57,58)60-48-46(55)44(53)43(52)45(54)47(48)56)41(50)37-35-33-31-29-27-25-23-18-16-14-12-10-8-6-4-2/h40-41,43-48,50,52-56H,3-39H2,1-2H3,(H,49,51)(H,57,58)/p-1/t40-,41+,43?,44-,45+,46+,47+,48?/m0/s1. The summed E-state index contributed by atoms with van der Waals surface area (Å²) in [7, 11) is -5.07. The molecule has 1 rings (SSSR count). The monoisotopic (exact) mass is 893 g/mol. The number of aliphatic imine (C=N–C) groups is 1. The first-order valence-corrected chi connectivity index (χ1v) is 26.9. The molecule has 0 aromatic carbocycles. The molecule has 0 aromatic heterocycles. The maximum absolute atomic E-state index is 12.9. The Morgan fingerprint density at radius 2 is 0.803 bits per heavy atom. The van der Waals surface area contributed by atoms with Crippen LogP contribution in [0.1, 0.15) is 245 Å². The number of aliphatic hydroxyl groups excluding tert-OH is 6. The fourth-order valence-electron chi connectivity index (χ4n) is 8.43. The molecule has 61 heavy (non-hydrogen) atoms. The zero-order chi connectivity index (χ0) is 45.0. The highest BCUT2D eigenvalue weighted by Crippen LogP contribution is 2.47. The smallest absolute Gasteiger partial charge is 0.472 e. The second kappa shape index (κ2) is 38.6. The number of rotatable bonds is 43. The molecule has 0 spiro atoms. The van der Waals surface area contributed by atoms with Crippen molar-refractivity contribution in [3.05, 3.63) is 0 Å². The summed E-state index contributed by atoms with van der Waals surface area (Å²) in [5, 5.41) is 74.4. The third kappa shape index (κ3) is 30.2. The molecule has 1 aliphatic rings. The molecule has 7 N–H and O–H groups in total. The van der Waals surface area contributed by atoms with Crippen molar-refractivity contribution >= 4 is 13.7 Å². The van der Waals surface area contributed by atoms with E-state index >= 15 is 0 Å². The normalized spacial score (nSPS) is 23.0. The number of hydrogen-bond donors (Lipinski definition) is 7. The summed E-state index contributed by atoms with van der Waals surface area (Å²) in [5.41, 5.74) is 0. The highest BCUT2D eigenvalue weighted by atomic mass is 31.2. The van der Waals surface area contributed by atoms with E-state index in [1.807, 2.05) is 0 Å². The van der Waals surface area contributed by atoms with Crippen molar-refractivity contribution in [2.75, 3.05) is 6.61 Å². The van der Waals surface area contributed by atoms with E-state index in [0.717, 1.165) is 38.5 Å². The van der Waals surface area contributed by atoms with Gasteiger partial charge in [0.05, 0.1) is 18.8 Å². The summed E-state index contributed by atoms with van der Waals surface area (Å²) < 4.78 is 23.0. The topological polar surface area (TPSA) is 213 Å². The summed E-state index contributed by atoms with van der Waals surface area (Å²) >= 11 is 0. The minimum Gasteiger partial charge on any atom is -0.862 e. The third-order valence-electron chi connectivity index (χ3n) is 12.6. The van der Waals surface area contributed by atoms with Gasteiger partial charge in [0.1, 0.15) is 36.6 Å². The number of aliphatic hydroxyl groups is 6. The van der Waals surface area contributed by atoms with Crippen molar-refractivity contribution in [3.8, 4) is 0 Å². The van der Waals surface area contributed by atoms with Gasteiger partial charge in [-0.2, -0.15) is 0 Å². The number of unbranched alkanes of at least 4 members (excludes halogenated alkanes) is 32. The van der Waals surface area contributed by atoms with Gasteiger partial charge in [0, 0.05) is 0 Å². The van der Waals surface area contributed by atoms with Crippen LogP contribution in [0.15, 0.2) is 4.99 Å². The highest BCUT2D eigenvalue weighted by molar-refractivity contribution is 7.47. The van der Waals surface area contributed by atoms with Crippen LogP contribution in [0.25, 0.3) is 0 Å². The lowest BCUT2D eigenvalue weighted by atomic mass is 9.85. The predicted molar refractivity (Wildman–Crippen MR) is 245 cm³/mol. The van der Waals surface area contributed by atoms with Crippen LogP contribution in [0, 0.1) is 0 Å². The lowest BCUT2D eigenvalue weighted by Gasteiger charge is -2.41. The van der Waals surface area contributed by atoms with Gasteiger partial charge < -0.3 is 40.6 Å². The maximum Gasteiger partial charge on any atom is 0.472 e. The third-order valence-corrected chi connectivity index (χ3v) is 13.6. The molecular formula is C48H95NO11P-. The van der Waals surface area contributed by atoms with E-state index < -0.39 is 69.1 Å². The van der Waals surface area contributed by atoms with E-state index in [9.17, 15) is 45.2 Å². The van der Waals surface area contributed by atoms with Gasteiger partial charge in [-0.1, -0.05) is 226 Å². The van der Waals surface area contributed by atoms with Crippen molar-refractivity contribution in [1.82, 2.24) is 0 Å². The molecule has 13 heteroatoms. The second-order valence-electron chi connectivity index (χ2n) is 18.3. The van der Waals surface area contributed by atoms with Gasteiger partial charge in [0.15, 0.2) is 0 Å². The average molecular weight is 893 g/mol. The quantitative estimate of drug-likeness (QED) is 0.0132. The fourth-order valence-corrected chi connectivity index (χ4v) is 9.39. The molecule has 0 radical (unpaired) electrons. The van der Waals surface area contributed by atoms with Crippen molar-refractivity contribution in [2.45, 2.75) is 294 Å². The molecule has 0 heterocycles. The molecule has 364 valence electrons. The van der Waals surface area contributed by atoms with Gasteiger partial charge in [-0.15, -0.1) is 0 Å². The summed E-state index contributed by atoms with van der Waals surface area (Å²) in [5.74, 6) is -0.428. The van der Waals surface area contributed by atoms with Crippen LogP contribution in [-0.4, -0.2) is 96.8 Å². The van der Waals surface area contributed by atoms with Gasteiger partial charge in [-0.05, 0) is 25.2 Å². The number of phosphoric acid groups is 1. The Balaban J connectivity index is 2.44. The van der Waals surface area contributed by atoms with E-state index in [1.54, 1.807) is 0 Å². The largest absolute Gasteiger partial charge is 0.862 e. The first-order valence-electron chi connectivity index (χ1n) is 25.4. The average Bonchev–Trinajstić information content (AvgIpc) is 3.24. The highest BCUT2D eigenvalue weighted by Gasteiger charge is 2.51. The molecule has 0 aromatic rings. The molecule has 1 aliphatic carbocycles. The number of hydrogen-bond acceptors (Lipinski definition) is 11. The molecule has 1 saturated carbocycles. The molecule has 9 atom stereocenters. The van der Waals surface area contributed by atoms with Gasteiger partial charge in [-0.3, -0.25) is 14.0 Å². The second-order valence-corrected chi connectivity index (χ2v) is 19.7. The lowest BCUT2D eigenvalue weighted by molar-refractivity contribution is -0.220. The number of nitrogens with zero attached hydrogens (tertiary/aromatic N) is 1. The minimum absolute atomic E-state index is 0.187. The SMILES string of the molecule is CCCCCCCCCCCCCCCCCCCCCC([O-])=N[C@@H](COP(=O)(O)OC1[C@H](O)[C@H](O)C(O)[C@H](O)[C@H]1O)[C@H](O)CCCCCCCCCCCCCCCCC. The van der Waals surface area contributed by atoms with E-state index in [0.29, 0.717) is 19.3 Å². The maximum atomic E-state index is 12.9. The predicted octanol–water partition coefficient (Wildman–Crippen LogP) is 9.88. The Morgan fingerprint density at radius 1 is 0.508 bits per heavy atom. The van der Waals surface area contributed by atoms with E-state index in [4.69, 9.17) is 9.05 Å². The van der Waals surface area contributed by atoms with Crippen LogP contribution in [0.5, 0.6) is 0 Å². The first-order chi connectivity index (χ1) is 29.4. The summed E-state index contributed by atoms with van der Waals surface area (Å²) in [6, 6.07) is -1.15. The Hall–Kier alpha value is -0.660. The van der Waals surface area contributed by atoms with E-state index in [-0.39, 0.29) is 6.42 Å². The van der Waals surface area contributed by atoms with Crippen LogP contribution >= 0.6 is 7.82 Å². The van der Waals surface area contributed by atoms with Gasteiger partial charge in [-0.25, -0.2) is 4.57 Å². The fraction of sp³-hybridized carbons (Fsp3) is 0.979. The zero-order valence-electron chi connectivity index (χ0n) is 38.9. The Morgan fingerprint density at radius 3 is 1.15 bits per heavy atom. The molecule has 0 bridgehead atoms. The summed E-state index contributed by atoms with van der Waals surface area (Å²) in [6.45, 7) is 3.86. The van der Waals surface area contributed by atoms with E-state index in [1.165, 1.54) is 167 Å². The van der Waals surface area contributed by atoms with Crippen molar-refractivity contribution in [2.24, 2.45) is 4.99 Å². The van der Waals surface area contributed by atoms with Crippen molar-refractivity contribution < 1.29 is 54.3 Å². The molecule has 0 amide bonds. The van der Waals surface area contributed by atoms with Crippen LogP contribution in [0.2, 0.25) is 0 Å². The van der Waals surface area contributed by atoms with Crippen LogP contribution < -0.4 is 5.11 Å². The van der Waals surface area contributed by atoms with Gasteiger partial charge >= 0.3 is 7.82 Å². The van der Waals surface area contributed by atoms with Gasteiger partial charge in [0.2, 0.25) is 0 Å². The molecular weight excluding hydrogens is 797 g/mol. The molecule has 0 saturated heterocycles. The Bertz CT molecular complexity index is 1050.